The van der Waals surface area contributed by atoms with Crippen LogP contribution in [0.4, 0.5) is 5.69 Å². The maximum atomic E-state index is 12.6. The SMILES string of the molecule is CC(C1CC1)N(C)S(=O)(=O)c1cc(Br)ccc1[N+](=O)[O-]. The first-order valence-corrected chi connectivity index (χ1v) is 8.40. The van der Waals surface area contributed by atoms with E-state index in [1.165, 1.54) is 29.6 Å². The third-order valence-electron chi connectivity index (χ3n) is 3.65. The van der Waals surface area contributed by atoms with Gasteiger partial charge in [0.15, 0.2) is 4.90 Å². The fraction of sp³-hybridized carbons (Fsp3) is 0.500. The third kappa shape index (κ3) is 2.87. The molecule has 6 nitrogen and oxygen atoms in total. The molecule has 1 atom stereocenters. The van der Waals surface area contributed by atoms with Crippen molar-refractivity contribution in [1.82, 2.24) is 4.31 Å². The Morgan fingerprint density at radius 3 is 2.55 bits per heavy atom. The zero-order chi connectivity index (χ0) is 15.1. The topological polar surface area (TPSA) is 80.5 Å². The van der Waals surface area contributed by atoms with Crippen LogP contribution in [-0.2, 0) is 10.0 Å². The summed E-state index contributed by atoms with van der Waals surface area (Å²) in [6.07, 6.45) is 2.00. The van der Waals surface area contributed by atoms with Crippen LogP contribution >= 0.6 is 15.9 Å². The van der Waals surface area contributed by atoms with Gasteiger partial charge in [0.2, 0.25) is 10.0 Å². The molecule has 20 heavy (non-hydrogen) atoms. The number of sulfonamides is 1. The number of halogens is 1. The molecular weight excluding hydrogens is 348 g/mol. The highest BCUT2D eigenvalue weighted by Crippen LogP contribution is 2.38. The van der Waals surface area contributed by atoms with Gasteiger partial charge in [-0.2, -0.15) is 4.31 Å². The Morgan fingerprint density at radius 1 is 1.45 bits per heavy atom. The van der Waals surface area contributed by atoms with Crippen LogP contribution in [0.1, 0.15) is 19.8 Å². The van der Waals surface area contributed by atoms with Gasteiger partial charge in [-0.15, -0.1) is 0 Å². The van der Waals surface area contributed by atoms with E-state index in [1.807, 2.05) is 6.92 Å². The summed E-state index contributed by atoms with van der Waals surface area (Å²) in [6, 6.07) is 3.79. The summed E-state index contributed by atoms with van der Waals surface area (Å²) in [7, 11) is -2.40. The maximum Gasteiger partial charge on any atom is 0.289 e. The second-order valence-electron chi connectivity index (χ2n) is 4.97. The van der Waals surface area contributed by atoms with Crippen LogP contribution in [0.5, 0.6) is 0 Å². The molecule has 0 N–H and O–H groups in total. The minimum atomic E-state index is -3.88. The smallest absolute Gasteiger partial charge is 0.258 e. The lowest BCUT2D eigenvalue weighted by Gasteiger charge is -2.24. The molecule has 1 fully saturated rings. The van der Waals surface area contributed by atoms with Crippen LogP contribution in [0.15, 0.2) is 27.6 Å². The van der Waals surface area contributed by atoms with Crippen LogP contribution in [0.2, 0.25) is 0 Å². The Balaban J connectivity index is 2.47. The predicted octanol–water partition coefficient (Wildman–Crippen LogP) is 2.78. The summed E-state index contributed by atoms with van der Waals surface area (Å²) in [6.45, 7) is 1.83. The first kappa shape index (κ1) is 15.4. The van der Waals surface area contributed by atoms with Crippen LogP contribution in [-0.4, -0.2) is 30.7 Å². The molecule has 0 spiro atoms. The second-order valence-corrected chi connectivity index (χ2v) is 7.85. The third-order valence-corrected chi connectivity index (χ3v) is 6.12. The molecule has 0 bridgehead atoms. The van der Waals surface area contributed by atoms with Crippen LogP contribution in [0.3, 0.4) is 0 Å². The molecular formula is C12H15BrN2O4S. The van der Waals surface area contributed by atoms with Gasteiger partial charge in [0.1, 0.15) is 0 Å². The van der Waals surface area contributed by atoms with Gasteiger partial charge in [-0.05, 0) is 37.8 Å². The Morgan fingerprint density at radius 2 is 2.05 bits per heavy atom. The van der Waals surface area contributed by atoms with Gasteiger partial charge in [-0.25, -0.2) is 8.42 Å². The van der Waals surface area contributed by atoms with Crippen molar-refractivity contribution >= 4 is 31.6 Å². The molecule has 2 rings (SSSR count). The number of nitro benzene ring substituents is 1. The van der Waals surface area contributed by atoms with E-state index in [-0.39, 0.29) is 10.9 Å². The Kier molecular flexibility index (Phi) is 4.17. The number of hydrogen-bond acceptors (Lipinski definition) is 4. The summed E-state index contributed by atoms with van der Waals surface area (Å²) < 4.78 is 26.9. The molecule has 0 aromatic heterocycles. The van der Waals surface area contributed by atoms with Gasteiger partial charge >= 0.3 is 0 Å². The van der Waals surface area contributed by atoms with Gasteiger partial charge in [-0.3, -0.25) is 10.1 Å². The zero-order valence-corrected chi connectivity index (χ0v) is 13.5. The molecule has 1 saturated carbocycles. The fourth-order valence-corrected chi connectivity index (χ4v) is 4.21. The Hall–Kier alpha value is -0.990. The van der Waals surface area contributed by atoms with Crippen LogP contribution < -0.4 is 0 Å². The molecule has 8 heteroatoms. The standard InChI is InChI=1S/C12H15BrN2O4S/c1-8(9-3-4-9)14(2)20(18,19)12-7-10(13)5-6-11(12)15(16)17/h5-9H,3-4H2,1-2H3. The monoisotopic (exact) mass is 362 g/mol. The quantitative estimate of drug-likeness (QED) is 0.595. The lowest BCUT2D eigenvalue weighted by Crippen LogP contribution is -2.36. The largest absolute Gasteiger partial charge is 0.289 e. The van der Waals surface area contributed by atoms with Crippen molar-refractivity contribution in [3.8, 4) is 0 Å². The number of benzene rings is 1. The number of nitrogens with zero attached hydrogens (tertiary/aromatic N) is 2. The molecule has 1 unspecified atom stereocenters. The van der Waals surface area contributed by atoms with Crippen LogP contribution in [0, 0.1) is 16.0 Å². The fourth-order valence-electron chi connectivity index (χ4n) is 2.09. The maximum absolute atomic E-state index is 12.6. The number of rotatable bonds is 5. The van der Waals surface area contributed by atoms with Gasteiger partial charge in [-0.1, -0.05) is 15.9 Å². The molecule has 1 aliphatic rings. The van der Waals surface area contributed by atoms with E-state index >= 15 is 0 Å². The van der Waals surface area contributed by atoms with E-state index < -0.39 is 20.6 Å². The number of nitro groups is 1. The van der Waals surface area contributed by atoms with Gasteiger partial charge < -0.3 is 0 Å². The molecule has 0 amide bonds. The molecule has 110 valence electrons. The lowest BCUT2D eigenvalue weighted by atomic mass is 10.2. The van der Waals surface area contributed by atoms with Crippen molar-refractivity contribution < 1.29 is 13.3 Å². The van der Waals surface area contributed by atoms with Gasteiger partial charge in [0.05, 0.1) is 4.92 Å². The van der Waals surface area contributed by atoms with Crippen molar-refractivity contribution in [3.05, 3.63) is 32.8 Å². The normalized spacial score (nSPS) is 17.2. The highest BCUT2D eigenvalue weighted by molar-refractivity contribution is 9.10. The molecule has 1 aromatic carbocycles. The highest BCUT2D eigenvalue weighted by atomic mass is 79.9. The van der Waals surface area contributed by atoms with Gasteiger partial charge in [0, 0.05) is 23.6 Å². The summed E-state index contributed by atoms with van der Waals surface area (Å²) in [5, 5.41) is 11.0. The summed E-state index contributed by atoms with van der Waals surface area (Å²) in [4.78, 5) is 10.1. The van der Waals surface area contributed by atoms with E-state index in [0.717, 1.165) is 12.8 Å². The second kappa shape index (κ2) is 5.42. The van der Waals surface area contributed by atoms with E-state index in [1.54, 1.807) is 0 Å². The van der Waals surface area contributed by atoms with E-state index in [2.05, 4.69) is 15.9 Å². The van der Waals surface area contributed by atoms with Crippen molar-refractivity contribution in [3.63, 3.8) is 0 Å². The first-order valence-electron chi connectivity index (χ1n) is 6.17. The van der Waals surface area contributed by atoms with E-state index in [0.29, 0.717) is 10.4 Å². The lowest BCUT2D eigenvalue weighted by molar-refractivity contribution is -0.387. The van der Waals surface area contributed by atoms with Crippen LogP contribution in [0.25, 0.3) is 0 Å². The Bertz CT molecular complexity index is 643. The average Bonchev–Trinajstić information content (AvgIpc) is 3.20. The van der Waals surface area contributed by atoms with Crippen molar-refractivity contribution in [2.75, 3.05) is 7.05 Å². The summed E-state index contributed by atoms with van der Waals surface area (Å²) in [5.41, 5.74) is -0.400. The number of hydrogen-bond donors (Lipinski definition) is 0. The highest BCUT2D eigenvalue weighted by Gasteiger charge is 2.38. The van der Waals surface area contributed by atoms with Crippen molar-refractivity contribution in [2.45, 2.75) is 30.7 Å². The Labute approximate surface area is 126 Å². The molecule has 0 saturated heterocycles. The minimum absolute atomic E-state index is 0.154. The van der Waals surface area contributed by atoms with E-state index in [4.69, 9.17) is 0 Å². The predicted molar refractivity (Wildman–Crippen MR) is 77.9 cm³/mol. The molecule has 0 heterocycles. The minimum Gasteiger partial charge on any atom is -0.258 e. The van der Waals surface area contributed by atoms with E-state index in [9.17, 15) is 18.5 Å². The molecule has 1 aliphatic carbocycles. The molecule has 0 aliphatic heterocycles. The summed E-state index contributed by atoms with van der Waals surface area (Å²) in [5.74, 6) is 0.348. The zero-order valence-electron chi connectivity index (χ0n) is 11.1. The molecule has 1 aromatic rings. The van der Waals surface area contributed by atoms with Gasteiger partial charge in [0.25, 0.3) is 5.69 Å². The summed E-state index contributed by atoms with van der Waals surface area (Å²) >= 11 is 3.16. The van der Waals surface area contributed by atoms with Crippen molar-refractivity contribution in [1.29, 1.82) is 0 Å². The van der Waals surface area contributed by atoms with Crippen molar-refractivity contribution in [2.24, 2.45) is 5.92 Å². The molecule has 0 radical (unpaired) electrons. The average molecular weight is 363 g/mol. The first-order chi connectivity index (χ1) is 9.25.